The minimum atomic E-state index is -1.01. The van der Waals surface area contributed by atoms with Crippen LogP contribution in [-0.2, 0) is 6.42 Å². The van der Waals surface area contributed by atoms with Crippen molar-refractivity contribution in [1.29, 1.82) is 0 Å². The fraction of sp³-hybridized carbons (Fsp3) is 0.375. The first-order chi connectivity index (χ1) is 10.7. The molecule has 0 aromatic heterocycles. The summed E-state index contributed by atoms with van der Waals surface area (Å²) in [5.74, 6) is -1.60. The Morgan fingerprint density at radius 1 is 1.13 bits per heavy atom. The summed E-state index contributed by atoms with van der Waals surface area (Å²) in [6, 6.07) is 2.49. The number of aromatic hydroxyl groups is 2. The van der Waals surface area contributed by atoms with Crippen molar-refractivity contribution in [2.75, 3.05) is 0 Å². The van der Waals surface area contributed by atoms with Gasteiger partial charge in [-0.15, -0.1) is 0 Å². The molecule has 3 atom stereocenters. The molecule has 1 aliphatic carbocycles. The number of aliphatic hydroxyl groups excluding tert-OH is 4. The van der Waals surface area contributed by atoms with Crippen LogP contribution >= 0.6 is 0 Å². The van der Waals surface area contributed by atoms with Crippen molar-refractivity contribution in [2.45, 2.75) is 32.0 Å². The molecule has 0 spiro atoms. The zero-order valence-corrected chi connectivity index (χ0v) is 12.4. The quantitative estimate of drug-likeness (QED) is 0.466. The van der Waals surface area contributed by atoms with E-state index >= 15 is 0 Å². The van der Waals surface area contributed by atoms with Gasteiger partial charge in [0.1, 0.15) is 29.1 Å². The topological polar surface area (TPSA) is 131 Å². The Morgan fingerprint density at radius 2 is 1.83 bits per heavy atom. The standard InChI is InChI=1S/C16H18O7/c1-16(5-11(20)14(22)12(21)6-16)15-10(19)4-8-9(18)2-7(17)3-13(8)23-15/h2-3,5,10,15,17-22H,4,6H2,1H3/t10-,15-,16?/m0/s1. The monoisotopic (exact) mass is 322 g/mol. The zero-order chi connectivity index (χ0) is 16.9. The molecule has 1 aromatic carbocycles. The fourth-order valence-electron chi connectivity index (χ4n) is 3.24. The van der Waals surface area contributed by atoms with E-state index in [0.29, 0.717) is 5.56 Å². The number of rotatable bonds is 1. The van der Waals surface area contributed by atoms with Crippen LogP contribution in [0.1, 0.15) is 18.9 Å². The molecule has 0 saturated heterocycles. The van der Waals surface area contributed by atoms with Gasteiger partial charge in [-0.05, 0) is 6.08 Å². The van der Waals surface area contributed by atoms with Crippen LogP contribution in [0, 0.1) is 5.41 Å². The minimum Gasteiger partial charge on any atom is -0.508 e. The Hall–Kier alpha value is -2.54. The molecule has 23 heavy (non-hydrogen) atoms. The van der Waals surface area contributed by atoms with Crippen LogP contribution < -0.4 is 4.74 Å². The summed E-state index contributed by atoms with van der Waals surface area (Å²) < 4.78 is 5.74. The van der Waals surface area contributed by atoms with Crippen molar-refractivity contribution in [3.63, 3.8) is 0 Å². The molecule has 3 rings (SSSR count). The van der Waals surface area contributed by atoms with Gasteiger partial charge in [0.05, 0.1) is 6.10 Å². The molecular formula is C16H18O7. The molecule has 6 N–H and O–H groups in total. The first-order valence-corrected chi connectivity index (χ1v) is 7.14. The molecule has 2 aliphatic rings. The van der Waals surface area contributed by atoms with E-state index in [1.54, 1.807) is 6.92 Å². The van der Waals surface area contributed by atoms with Gasteiger partial charge in [-0.3, -0.25) is 0 Å². The van der Waals surface area contributed by atoms with Crippen molar-refractivity contribution < 1.29 is 35.4 Å². The number of ether oxygens (including phenoxy) is 1. The van der Waals surface area contributed by atoms with E-state index < -0.39 is 34.9 Å². The average Bonchev–Trinajstić information content (AvgIpc) is 2.45. The summed E-state index contributed by atoms with van der Waals surface area (Å²) in [6.45, 7) is 1.66. The molecule has 1 unspecified atom stereocenters. The fourth-order valence-corrected chi connectivity index (χ4v) is 3.24. The molecule has 0 amide bonds. The molecule has 0 fully saturated rings. The van der Waals surface area contributed by atoms with Crippen LogP contribution in [-0.4, -0.2) is 42.8 Å². The number of phenolic OH excluding ortho intramolecular Hbond substituents is 2. The largest absolute Gasteiger partial charge is 0.508 e. The maximum absolute atomic E-state index is 10.4. The zero-order valence-electron chi connectivity index (χ0n) is 12.4. The molecule has 124 valence electrons. The molecule has 0 radical (unpaired) electrons. The Bertz CT molecular complexity index is 721. The van der Waals surface area contributed by atoms with Gasteiger partial charge in [-0.1, -0.05) is 6.92 Å². The van der Waals surface area contributed by atoms with Crippen LogP contribution in [0.2, 0.25) is 0 Å². The van der Waals surface area contributed by atoms with E-state index in [9.17, 15) is 30.6 Å². The lowest BCUT2D eigenvalue weighted by Crippen LogP contribution is -2.49. The van der Waals surface area contributed by atoms with Gasteiger partial charge in [0.2, 0.25) is 0 Å². The maximum atomic E-state index is 10.4. The number of allylic oxidation sites excluding steroid dienone is 1. The van der Waals surface area contributed by atoms with Crippen molar-refractivity contribution in [2.24, 2.45) is 5.41 Å². The van der Waals surface area contributed by atoms with Crippen molar-refractivity contribution in [1.82, 2.24) is 0 Å². The summed E-state index contributed by atoms with van der Waals surface area (Å²) in [6.07, 6.45) is -0.491. The van der Waals surface area contributed by atoms with Gasteiger partial charge in [0, 0.05) is 36.0 Å². The Labute approximate surface area is 132 Å². The van der Waals surface area contributed by atoms with Crippen LogP contribution in [0.25, 0.3) is 0 Å². The molecule has 1 heterocycles. The second-order valence-corrected chi connectivity index (χ2v) is 6.26. The van der Waals surface area contributed by atoms with Crippen LogP contribution in [0.3, 0.4) is 0 Å². The van der Waals surface area contributed by atoms with Crippen LogP contribution in [0.5, 0.6) is 17.2 Å². The molecular weight excluding hydrogens is 304 g/mol. The number of aliphatic hydroxyl groups is 4. The number of fused-ring (bicyclic) bond motifs is 1. The Balaban J connectivity index is 1.99. The third-order valence-electron chi connectivity index (χ3n) is 4.37. The summed E-state index contributed by atoms with van der Waals surface area (Å²) in [5.41, 5.74) is -0.611. The molecule has 1 aromatic rings. The van der Waals surface area contributed by atoms with Gasteiger partial charge in [-0.25, -0.2) is 0 Å². The number of hydrogen-bond acceptors (Lipinski definition) is 7. The highest BCUT2D eigenvalue weighted by molar-refractivity contribution is 5.51. The molecule has 7 nitrogen and oxygen atoms in total. The maximum Gasteiger partial charge on any atom is 0.195 e. The smallest absolute Gasteiger partial charge is 0.195 e. The number of benzene rings is 1. The Morgan fingerprint density at radius 3 is 2.48 bits per heavy atom. The second-order valence-electron chi connectivity index (χ2n) is 6.26. The van der Waals surface area contributed by atoms with Crippen LogP contribution in [0.4, 0.5) is 0 Å². The van der Waals surface area contributed by atoms with Gasteiger partial charge in [0.15, 0.2) is 11.5 Å². The van der Waals surface area contributed by atoms with Crippen LogP contribution in [0.15, 0.2) is 35.5 Å². The first-order valence-electron chi connectivity index (χ1n) is 7.14. The highest BCUT2D eigenvalue weighted by atomic mass is 16.5. The van der Waals surface area contributed by atoms with E-state index in [4.69, 9.17) is 4.74 Å². The predicted octanol–water partition coefficient (Wildman–Crippen LogP) is 1.94. The normalized spacial score (nSPS) is 30.4. The molecule has 7 heteroatoms. The molecule has 0 bridgehead atoms. The summed E-state index contributed by atoms with van der Waals surface area (Å²) in [4.78, 5) is 0. The van der Waals surface area contributed by atoms with Crippen molar-refractivity contribution >= 4 is 0 Å². The third kappa shape index (κ3) is 2.43. The average molecular weight is 322 g/mol. The van der Waals surface area contributed by atoms with E-state index in [1.807, 2.05) is 0 Å². The van der Waals surface area contributed by atoms with Gasteiger partial charge in [0.25, 0.3) is 0 Å². The third-order valence-corrected chi connectivity index (χ3v) is 4.37. The highest BCUT2D eigenvalue weighted by Gasteiger charge is 2.46. The molecule has 1 aliphatic heterocycles. The Kier molecular flexibility index (Phi) is 3.33. The lowest BCUT2D eigenvalue weighted by molar-refractivity contribution is -0.0403. The first kappa shape index (κ1) is 15.4. The second kappa shape index (κ2) is 4.99. The minimum absolute atomic E-state index is 0.0370. The van der Waals surface area contributed by atoms with E-state index in [-0.39, 0.29) is 30.1 Å². The number of hydrogen-bond donors (Lipinski definition) is 6. The van der Waals surface area contributed by atoms with Gasteiger partial charge >= 0.3 is 0 Å². The van der Waals surface area contributed by atoms with Crippen molar-refractivity contribution in [3.05, 3.63) is 41.0 Å². The summed E-state index contributed by atoms with van der Waals surface area (Å²) >= 11 is 0. The summed E-state index contributed by atoms with van der Waals surface area (Å²) in [7, 11) is 0. The SMILES string of the molecule is CC1([C@H]2Oc3cc(O)cc(O)c3C[C@@H]2O)C=C(O)C(O)=C(O)C1. The van der Waals surface area contributed by atoms with E-state index in [0.717, 1.165) is 6.07 Å². The molecule has 0 saturated carbocycles. The van der Waals surface area contributed by atoms with Crippen molar-refractivity contribution in [3.8, 4) is 17.2 Å². The predicted molar refractivity (Wildman–Crippen MR) is 79.6 cm³/mol. The van der Waals surface area contributed by atoms with Gasteiger partial charge < -0.3 is 35.4 Å². The summed E-state index contributed by atoms with van der Waals surface area (Å²) in [5, 5.41) is 58.9. The number of phenols is 2. The van der Waals surface area contributed by atoms with E-state index in [2.05, 4.69) is 0 Å². The van der Waals surface area contributed by atoms with Gasteiger partial charge in [-0.2, -0.15) is 0 Å². The lowest BCUT2D eigenvalue weighted by Gasteiger charge is -2.42. The highest BCUT2D eigenvalue weighted by Crippen LogP contribution is 2.46. The lowest BCUT2D eigenvalue weighted by atomic mass is 9.73. The van der Waals surface area contributed by atoms with E-state index in [1.165, 1.54) is 12.1 Å².